The van der Waals surface area contributed by atoms with Crippen LogP contribution in [0, 0.1) is 17.8 Å². The summed E-state index contributed by atoms with van der Waals surface area (Å²) in [7, 11) is 0. The van der Waals surface area contributed by atoms with E-state index in [-0.39, 0.29) is 11.8 Å². The lowest BCUT2D eigenvalue weighted by Gasteiger charge is -2.10. The summed E-state index contributed by atoms with van der Waals surface area (Å²) in [5.41, 5.74) is 5.39. The van der Waals surface area contributed by atoms with Crippen molar-refractivity contribution in [3.05, 3.63) is 0 Å². The summed E-state index contributed by atoms with van der Waals surface area (Å²) in [4.78, 5) is 11.2. The number of amides is 1. The van der Waals surface area contributed by atoms with Crippen molar-refractivity contribution in [1.29, 1.82) is 0 Å². The highest BCUT2D eigenvalue weighted by Gasteiger charge is 2.12. The minimum Gasteiger partial charge on any atom is -0.345 e. The Morgan fingerprint density at radius 2 is 2.33 bits per heavy atom. The molecule has 0 rings (SSSR count). The Morgan fingerprint density at radius 3 is 2.75 bits per heavy atom. The number of hydrogen-bond acceptors (Lipinski definition) is 2. The summed E-state index contributed by atoms with van der Waals surface area (Å²) in [6.45, 7) is 4.52. The predicted octanol–water partition coefficient (Wildman–Crippen LogP) is 0.111. The average molecular weight is 168 g/mol. The van der Waals surface area contributed by atoms with Gasteiger partial charge in [0, 0.05) is 12.5 Å². The first-order valence-electron chi connectivity index (χ1n) is 4.13. The normalized spacial score (nSPS) is 11.2. The second-order valence-electron chi connectivity index (χ2n) is 2.49. The maximum absolute atomic E-state index is 11.2. The SMILES string of the molecule is CC#CCNC(=O)C(CC)CN. The monoisotopic (exact) mass is 168 g/mol. The van der Waals surface area contributed by atoms with Crippen molar-refractivity contribution >= 4 is 5.91 Å². The molecule has 0 saturated carbocycles. The van der Waals surface area contributed by atoms with Crippen molar-refractivity contribution in [3.8, 4) is 11.8 Å². The van der Waals surface area contributed by atoms with Gasteiger partial charge in [-0.1, -0.05) is 12.8 Å². The van der Waals surface area contributed by atoms with Crippen LogP contribution in [0.4, 0.5) is 0 Å². The van der Waals surface area contributed by atoms with Gasteiger partial charge >= 0.3 is 0 Å². The number of carbonyl (C=O) groups excluding carboxylic acids is 1. The molecule has 0 aromatic carbocycles. The van der Waals surface area contributed by atoms with Crippen LogP contribution in [0.25, 0.3) is 0 Å². The average Bonchev–Trinajstić information content (AvgIpc) is 2.07. The molecule has 0 aromatic heterocycles. The van der Waals surface area contributed by atoms with E-state index in [1.165, 1.54) is 0 Å². The fourth-order valence-corrected chi connectivity index (χ4v) is 0.823. The van der Waals surface area contributed by atoms with Gasteiger partial charge in [-0.15, -0.1) is 5.92 Å². The van der Waals surface area contributed by atoms with Crippen molar-refractivity contribution in [3.63, 3.8) is 0 Å². The van der Waals surface area contributed by atoms with Crippen LogP contribution >= 0.6 is 0 Å². The summed E-state index contributed by atoms with van der Waals surface area (Å²) in [5, 5.41) is 2.69. The summed E-state index contributed by atoms with van der Waals surface area (Å²) in [6.07, 6.45) is 0.780. The molecule has 3 heteroatoms. The standard InChI is InChI=1S/C9H16N2O/c1-3-5-6-11-9(12)8(4-2)7-10/h8H,4,6-7,10H2,1-2H3,(H,11,12). The fraction of sp³-hybridized carbons (Fsp3) is 0.667. The second kappa shape index (κ2) is 6.68. The lowest BCUT2D eigenvalue weighted by molar-refractivity contribution is -0.124. The molecule has 68 valence electrons. The van der Waals surface area contributed by atoms with Gasteiger partial charge in [-0.05, 0) is 13.3 Å². The molecule has 3 nitrogen and oxygen atoms in total. The minimum atomic E-state index is -0.0661. The van der Waals surface area contributed by atoms with E-state index in [0.29, 0.717) is 13.1 Å². The fourth-order valence-electron chi connectivity index (χ4n) is 0.823. The van der Waals surface area contributed by atoms with E-state index < -0.39 is 0 Å². The van der Waals surface area contributed by atoms with Gasteiger partial charge in [0.15, 0.2) is 0 Å². The molecule has 1 unspecified atom stereocenters. The molecule has 0 fully saturated rings. The zero-order chi connectivity index (χ0) is 9.40. The third kappa shape index (κ3) is 3.99. The topological polar surface area (TPSA) is 55.1 Å². The lowest BCUT2D eigenvalue weighted by Crippen LogP contribution is -2.34. The van der Waals surface area contributed by atoms with Crippen LogP contribution in [-0.2, 0) is 4.79 Å². The number of rotatable bonds is 4. The molecule has 0 bridgehead atoms. The van der Waals surface area contributed by atoms with Gasteiger partial charge in [0.1, 0.15) is 0 Å². The van der Waals surface area contributed by atoms with Gasteiger partial charge in [0.05, 0.1) is 6.54 Å². The quantitative estimate of drug-likeness (QED) is 0.585. The van der Waals surface area contributed by atoms with Crippen LogP contribution in [0.1, 0.15) is 20.3 Å². The van der Waals surface area contributed by atoms with Gasteiger partial charge in [0.2, 0.25) is 5.91 Å². The molecule has 12 heavy (non-hydrogen) atoms. The molecule has 0 heterocycles. The van der Waals surface area contributed by atoms with Crippen LogP contribution in [0.15, 0.2) is 0 Å². The molecule has 1 amide bonds. The van der Waals surface area contributed by atoms with Crippen molar-refractivity contribution in [2.45, 2.75) is 20.3 Å². The molecular formula is C9H16N2O. The zero-order valence-electron chi connectivity index (χ0n) is 7.68. The minimum absolute atomic E-state index is 0.00255. The van der Waals surface area contributed by atoms with Gasteiger partial charge < -0.3 is 11.1 Å². The molecule has 0 aliphatic heterocycles. The van der Waals surface area contributed by atoms with Crippen LogP contribution in [0.5, 0.6) is 0 Å². The Kier molecular flexibility index (Phi) is 6.12. The molecule has 0 aliphatic carbocycles. The highest BCUT2D eigenvalue weighted by Crippen LogP contribution is 1.98. The Bertz CT molecular complexity index is 186. The first-order chi connectivity index (χ1) is 5.76. The van der Waals surface area contributed by atoms with Crippen molar-refractivity contribution < 1.29 is 4.79 Å². The van der Waals surface area contributed by atoms with Crippen molar-refractivity contribution in [1.82, 2.24) is 5.32 Å². The molecule has 0 saturated heterocycles. The molecule has 0 aliphatic rings. The van der Waals surface area contributed by atoms with Crippen LogP contribution in [-0.4, -0.2) is 19.0 Å². The van der Waals surface area contributed by atoms with E-state index in [1.807, 2.05) is 6.92 Å². The van der Waals surface area contributed by atoms with E-state index in [0.717, 1.165) is 6.42 Å². The Balaban J connectivity index is 3.74. The molecular weight excluding hydrogens is 152 g/mol. The third-order valence-corrected chi connectivity index (χ3v) is 1.68. The number of hydrogen-bond donors (Lipinski definition) is 2. The van der Waals surface area contributed by atoms with E-state index in [2.05, 4.69) is 17.2 Å². The molecule has 0 aromatic rings. The molecule has 0 spiro atoms. The molecule has 3 N–H and O–H groups in total. The van der Waals surface area contributed by atoms with Crippen LogP contribution in [0.3, 0.4) is 0 Å². The van der Waals surface area contributed by atoms with Crippen molar-refractivity contribution in [2.75, 3.05) is 13.1 Å². The maximum atomic E-state index is 11.2. The number of nitrogens with two attached hydrogens (primary N) is 1. The first-order valence-corrected chi connectivity index (χ1v) is 4.13. The van der Waals surface area contributed by atoms with E-state index in [1.54, 1.807) is 6.92 Å². The third-order valence-electron chi connectivity index (χ3n) is 1.68. The Hall–Kier alpha value is -1.01. The second-order valence-corrected chi connectivity index (χ2v) is 2.49. The zero-order valence-corrected chi connectivity index (χ0v) is 7.68. The summed E-state index contributed by atoms with van der Waals surface area (Å²) in [5.74, 6) is 5.40. The Morgan fingerprint density at radius 1 is 1.67 bits per heavy atom. The molecule has 1 atom stereocenters. The van der Waals surface area contributed by atoms with E-state index in [9.17, 15) is 4.79 Å². The Labute approximate surface area is 73.7 Å². The largest absolute Gasteiger partial charge is 0.345 e. The van der Waals surface area contributed by atoms with Crippen LogP contribution < -0.4 is 11.1 Å². The van der Waals surface area contributed by atoms with E-state index >= 15 is 0 Å². The lowest BCUT2D eigenvalue weighted by atomic mass is 10.1. The highest BCUT2D eigenvalue weighted by molar-refractivity contribution is 5.79. The smallest absolute Gasteiger partial charge is 0.225 e. The molecule has 0 radical (unpaired) electrons. The summed E-state index contributed by atoms with van der Waals surface area (Å²) < 4.78 is 0. The van der Waals surface area contributed by atoms with Crippen molar-refractivity contribution in [2.24, 2.45) is 11.7 Å². The van der Waals surface area contributed by atoms with Gasteiger partial charge in [-0.2, -0.15) is 0 Å². The highest BCUT2D eigenvalue weighted by atomic mass is 16.1. The van der Waals surface area contributed by atoms with E-state index in [4.69, 9.17) is 5.73 Å². The maximum Gasteiger partial charge on any atom is 0.225 e. The number of nitrogens with one attached hydrogen (secondary N) is 1. The number of carbonyl (C=O) groups is 1. The van der Waals surface area contributed by atoms with Gasteiger partial charge in [0.25, 0.3) is 0 Å². The van der Waals surface area contributed by atoms with Gasteiger partial charge in [-0.3, -0.25) is 4.79 Å². The van der Waals surface area contributed by atoms with Gasteiger partial charge in [-0.25, -0.2) is 0 Å². The van der Waals surface area contributed by atoms with Crippen LogP contribution in [0.2, 0.25) is 0 Å². The summed E-state index contributed by atoms with van der Waals surface area (Å²) in [6, 6.07) is 0. The summed E-state index contributed by atoms with van der Waals surface area (Å²) >= 11 is 0. The first kappa shape index (κ1) is 11.0. The predicted molar refractivity (Wildman–Crippen MR) is 49.3 cm³/mol.